The Hall–Kier alpha value is -1.91. The van der Waals surface area contributed by atoms with Crippen molar-refractivity contribution in [1.82, 2.24) is 4.90 Å². The normalized spacial score (nSPS) is 20.7. The van der Waals surface area contributed by atoms with Gasteiger partial charge in [0.1, 0.15) is 10.7 Å². The fourth-order valence-electron chi connectivity index (χ4n) is 4.13. The molecule has 0 saturated carbocycles. The first-order valence-electron chi connectivity index (χ1n) is 9.87. The number of piperazine rings is 1. The van der Waals surface area contributed by atoms with Crippen molar-refractivity contribution >= 4 is 21.6 Å². The molecule has 2 saturated heterocycles. The minimum atomic E-state index is -3.61. The number of hydroxylamine groups is 3. The number of amides is 1. The molecule has 0 aliphatic carbocycles. The van der Waals surface area contributed by atoms with Crippen LogP contribution in [-0.4, -0.2) is 81.2 Å². The van der Waals surface area contributed by atoms with Crippen LogP contribution >= 0.6 is 0 Å². The Kier molecular flexibility index (Phi) is 6.35. The number of piperidine rings is 1. The number of hydrogen-bond acceptors (Lipinski definition) is 5. The molecule has 1 aromatic carbocycles. The molecular formula is C19H28FN3O5S. The van der Waals surface area contributed by atoms with Crippen molar-refractivity contribution in [1.29, 1.82) is 0 Å². The van der Waals surface area contributed by atoms with Crippen molar-refractivity contribution in [3.63, 3.8) is 0 Å². The molecule has 1 aromatic rings. The predicted octanol–water partition coefficient (Wildman–Crippen LogP) is 2.14. The average Bonchev–Trinajstić information content (AvgIpc) is 2.66. The van der Waals surface area contributed by atoms with Crippen LogP contribution in [0.5, 0.6) is 0 Å². The van der Waals surface area contributed by atoms with Crippen LogP contribution in [0.4, 0.5) is 14.9 Å². The van der Waals surface area contributed by atoms with Gasteiger partial charge in [0.15, 0.2) is 9.84 Å². The Labute approximate surface area is 170 Å². The predicted molar refractivity (Wildman–Crippen MR) is 107 cm³/mol. The van der Waals surface area contributed by atoms with Gasteiger partial charge in [-0.1, -0.05) is 0 Å². The number of quaternary nitrogens is 1. The third-order valence-electron chi connectivity index (χ3n) is 6.06. The summed E-state index contributed by atoms with van der Waals surface area (Å²) in [5, 5.41) is 22.0. The summed E-state index contributed by atoms with van der Waals surface area (Å²) in [5.74, 6) is -0.392. The minimum absolute atomic E-state index is 0.292. The minimum Gasteiger partial charge on any atom is -0.633 e. The Morgan fingerprint density at radius 2 is 1.86 bits per heavy atom. The van der Waals surface area contributed by atoms with E-state index in [9.17, 15) is 22.8 Å². The summed E-state index contributed by atoms with van der Waals surface area (Å²) in [7, 11) is -3.61. The molecule has 2 heterocycles. The maximum atomic E-state index is 14.1. The molecule has 0 aromatic heterocycles. The number of carbonyl (C=O) groups is 1. The van der Waals surface area contributed by atoms with E-state index < -0.39 is 21.7 Å². The summed E-state index contributed by atoms with van der Waals surface area (Å²) in [6.07, 6.45) is 2.47. The van der Waals surface area contributed by atoms with Gasteiger partial charge in [0.2, 0.25) is 0 Å². The first-order valence-corrected chi connectivity index (χ1v) is 11.8. The highest BCUT2D eigenvalue weighted by atomic mass is 32.2. The number of hydrogen-bond donors (Lipinski definition) is 1. The third kappa shape index (κ3) is 5.37. The Morgan fingerprint density at radius 1 is 1.24 bits per heavy atom. The van der Waals surface area contributed by atoms with Gasteiger partial charge in [-0.2, -0.15) is 0 Å². The maximum Gasteiger partial charge on any atom is 0.407 e. The van der Waals surface area contributed by atoms with E-state index >= 15 is 0 Å². The maximum absolute atomic E-state index is 14.1. The molecule has 0 bridgehead atoms. The number of halogens is 1. The Bertz CT molecular complexity index is 847. The van der Waals surface area contributed by atoms with Crippen molar-refractivity contribution in [3.05, 3.63) is 29.2 Å². The van der Waals surface area contributed by atoms with Gasteiger partial charge in [0.05, 0.1) is 32.7 Å². The van der Waals surface area contributed by atoms with E-state index in [2.05, 4.69) is 0 Å². The lowest BCUT2D eigenvalue weighted by Crippen LogP contribution is -2.57. The second kappa shape index (κ2) is 8.45. The average molecular weight is 430 g/mol. The fourth-order valence-corrected chi connectivity index (χ4v) is 4.86. The zero-order valence-electron chi connectivity index (χ0n) is 16.6. The smallest absolute Gasteiger partial charge is 0.407 e. The van der Waals surface area contributed by atoms with Crippen LogP contribution < -0.4 is 4.90 Å². The number of benzene rings is 1. The van der Waals surface area contributed by atoms with Crippen LogP contribution in [0.15, 0.2) is 23.1 Å². The number of carboxylic acid groups (broad SMARTS) is 1. The largest absolute Gasteiger partial charge is 0.633 e. The van der Waals surface area contributed by atoms with Gasteiger partial charge < -0.3 is 24.8 Å². The van der Waals surface area contributed by atoms with E-state index in [1.165, 1.54) is 17.0 Å². The molecule has 162 valence electrons. The van der Waals surface area contributed by atoms with Crippen molar-refractivity contribution in [2.45, 2.75) is 24.2 Å². The van der Waals surface area contributed by atoms with Crippen LogP contribution in [0.3, 0.4) is 0 Å². The molecule has 0 unspecified atom stereocenters. The molecule has 2 aliphatic heterocycles. The SMILES string of the molecule is CS(=O)(=O)c1ccc(N2CC[N+]([O-])(CCC3CCN(C(=O)O)CC3)CC2)cc1F. The molecule has 8 nitrogen and oxygen atoms in total. The quantitative estimate of drug-likeness (QED) is 0.569. The van der Waals surface area contributed by atoms with Gasteiger partial charge in [0, 0.05) is 25.0 Å². The summed E-state index contributed by atoms with van der Waals surface area (Å²) >= 11 is 0. The zero-order chi connectivity index (χ0) is 21.2. The molecule has 0 spiro atoms. The monoisotopic (exact) mass is 429 g/mol. The Balaban J connectivity index is 1.51. The number of nitrogens with zero attached hydrogens (tertiary/aromatic N) is 3. The van der Waals surface area contributed by atoms with E-state index in [4.69, 9.17) is 5.11 Å². The summed E-state index contributed by atoms with van der Waals surface area (Å²) in [4.78, 5) is 14.0. The molecule has 0 atom stereocenters. The van der Waals surface area contributed by atoms with Gasteiger partial charge in [0.25, 0.3) is 0 Å². The summed E-state index contributed by atoms with van der Waals surface area (Å²) in [5.41, 5.74) is 0.585. The first kappa shape index (κ1) is 21.8. The number of sulfone groups is 1. The topological polar surface area (TPSA) is 101 Å². The molecular weight excluding hydrogens is 401 g/mol. The molecule has 3 rings (SSSR count). The van der Waals surface area contributed by atoms with E-state index in [-0.39, 0.29) is 9.54 Å². The third-order valence-corrected chi connectivity index (χ3v) is 7.19. The van der Waals surface area contributed by atoms with Crippen LogP contribution in [-0.2, 0) is 9.84 Å². The van der Waals surface area contributed by atoms with Crippen molar-refractivity contribution in [3.8, 4) is 0 Å². The fraction of sp³-hybridized carbons (Fsp3) is 0.632. The molecule has 2 aliphatic rings. The molecule has 29 heavy (non-hydrogen) atoms. The summed E-state index contributed by atoms with van der Waals surface area (Å²) < 4.78 is 37.0. The van der Waals surface area contributed by atoms with Gasteiger partial charge in [-0.25, -0.2) is 17.6 Å². The van der Waals surface area contributed by atoms with E-state index in [1.54, 1.807) is 6.07 Å². The molecule has 0 radical (unpaired) electrons. The van der Waals surface area contributed by atoms with Crippen LogP contribution in [0.2, 0.25) is 0 Å². The second-order valence-corrected chi connectivity index (χ2v) is 10.1. The highest BCUT2D eigenvalue weighted by molar-refractivity contribution is 7.90. The lowest BCUT2D eigenvalue weighted by atomic mass is 9.93. The number of likely N-dealkylation sites (tertiary alicyclic amines) is 1. The number of anilines is 1. The molecule has 10 heteroatoms. The van der Waals surface area contributed by atoms with E-state index in [1.807, 2.05) is 4.90 Å². The van der Waals surface area contributed by atoms with Crippen LogP contribution in [0.25, 0.3) is 0 Å². The van der Waals surface area contributed by atoms with Crippen molar-refractivity contribution < 1.29 is 27.4 Å². The first-order chi connectivity index (χ1) is 13.6. The van der Waals surface area contributed by atoms with Gasteiger partial charge >= 0.3 is 6.09 Å². The van der Waals surface area contributed by atoms with Gasteiger partial charge in [-0.05, 0) is 43.4 Å². The van der Waals surface area contributed by atoms with E-state index in [0.717, 1.165) is 25.5 Å². The van der Waals surface area contributed by atoms with Crippen molar-refractivity contribution in [2.24, 2.45) is 5.92 Å². The molecule has 2 fully saturated rings. The Morgan fingerprint density at radius 3 is 2.38 bits per heavy atom. The standard InChI is InChI=1S/C19H28FN3O5S/c1-29(27,28)18-3-2-16(14-17(18)20)21-9-12-23(26,13-10-21)11-6-15-4-7-22(8-5-15)19(24)25/h2-3,14-15H,4-13H2,1H3,(H,24,25). The van der Waals surface area contributed by atoms with Crippen LogP contribution in [0.1, 0.15) is 19.3 Å². The van der Waals surface area contributed by atoms with Gasteiger partial charge in [-0.3, -0.25) is 0 Å². The second-order valence-electron chi connectivity index (χ2n) is 8.10. The highest BCUT2D eigenvalue weighted by Gasteiger charge is 2.29. The summed E-state index contributed by atoms with van der Waals surface area (Å²) in [6, 6.07) is 4.08. The molecule has 1 N–H and O–H groups in total. The van der Waals surface area contributed by atoms with Crippen molar-refractivity contribution in [2.75, 3.05) is 57.0 Å². The lowest BCUT2D eigenvalue weighted by Gasteiger charge is -2.49. The van der Waals surface area contributed by atoms with Gasteiger partial charge in [-0.15, -0.1) is 0 Å². The summed E-state index contributed by atoms with van der Waals surface area (Å²) in [6.45, 7) is 3.32. The zero-order valence-corrected chi connectivity index (χ0v) is 17.4. The lowest BCUT2D eigenvalue weighted by molar-refractivity contribution is -0.881. The number of rotatable bonds is 5. The van der Waals surface area contributed by atoms with E-state index in [0.29, 0.717) is 57.4 Å². The van der Waals surface area contributed by atoms with Crippen LogP contribution in [0, 0.1) is 16.9 Å². The molecule has 1 amide bonds. The highest BCUT2D eigenvalue weighted by Crippen LogP contribution is 2.26.